The van der Waals surface area contributed by atoms with E-state index in [1.807, 2.05) is 13.8 Å². The Balaban J connectivity index is -0.000000107. The molecule has 6 heteroatoms. The molecule has 0 saturated carbocycles. The summed E-state index contributed by atoms with van der Waals surface area (Å²) in [7, 11) is 0. The fourth-order valence-electron chi connectivity index (χ4n) is 0.913. The van der Waals surface area contributed by atoms with Gasteiger partial charge in [0.1, 0.15) is 6.04 Å². The zero-order valence-electron chi connectivity index (χ0n) is 10.4. The van der Waals surface area contributed by atoms with Crippen LogP contribution in [0, 0.1) is 5.92 Å². The molecule has 1 atom stereocenters. The molecule has 0 aromatic rings. The highest BCUT2D eigenvalue weighted by Crippen LogP contribution is 2.00. The van der Waals surface area contributed by atoms with Gasteiger partial charge in [0, 0.05) is 9.27 Å². The fourth-order valence-corrected chi connectivity index (χ4v) is 0.913. The summed E-state index contributed by atoms with van der Waals surface area (Å²) in [6.07, 6.45) is -0.00347. The fraction of sp³-hybridized carbons (Fsp3) is 0.800. The maximum absolute atomic E-state index is 11.0. The highest BCUT2D eigenvalue weighted by molar-refractivity contribution is 5.86. The molecule has 102 valence electrons. The van der Waals surface area contributed by atoms with Gasteiger partial charge in [-0.15, -0.1) is 0 Å². The van der Waals surface area contributed by atoms with Crippen molar-refractivity contribution in [3.63, 3.8) is 0 Å². The molecule has 0 rings (SSSR count). The Morgan fingerprint density at radius 1 is 1.38 bits per heavy atom. The lowest BCUT2D eigenvalue weighted by Gasteiger charge is -2.18. The Bertz CT molecular complexity index is 204. The molecule has 6 N–H and O–H groups in total. The van der Waals surface area contributed by atoms with Gasteiger partial charge in [-0.1, -0.05) is 27.7 Å². The van der Waals surface area contributed by atoms with E-state index in [9.17, 15) is 9.59 Å². The van der Waals surface area contributed by atoms with Gasteiger partial charge < -0.3 is 21.6 Å². The first-order valence-corrected chi connectivity index (χ1v) is 5.18. The maximum Gasteiger partial charge on any atom is 0.240 e. The van der Waals surface area contributed by atoms with Crippen LogP contribution in [0.5, 0.6) is 0 Å². The van der Waals surface area contributed by atoms with Gasteiger partial charge in [0.05, 0.1) is 6.61 Å². The zero-order chi connectivity index (χ0) is 12.4. The first-order chi connectivity index (χ1) is 6.99. The van der Waals surface area contributed by atoms with Crippen LogP contribution in [0.2, 0.25) is 0 Å². The SMILES string of the molecule is CC.CC(C)[C@H](NC(=O)CCO)C(N)=O.O.[HH].[HH]. The second-order valence-electron chi connectivity index (χ2n) is 3.17. The molecule has 0 aromatic carbocycles. The molecule has 0 aromatic heterocycles. The summed E-state index contributed by atoms with van der Waals surface area (Å²) in [5, 5.41) is 10.9. The lowest BCUT2D eigenvalue weighted by molar-refractivity contribution is -0.128. The summed E-state index contributed by atoms with van der Waals surface area (Å²) in [5.74, 6) is -0.957. The monoisotopic (exact) mass is 240 g/mol. The van der Waals surface area contributed by atoms with Crippen LogP contribution in [0.3, 0.4) is 0 Å². The number of hydrogen-bond donors (Lipinski definition) is 3. The number of hydrogen-bond acceptors (Lipinski definition) is 3. The van der Waals surface area contributed by atoms with Crippen LogP contribution in [0.1, 0.15) is 37.0 Å². The summed E-state index contributed by atoms with van der Waals surface area (Å²) in [4.78, 5) is 21.8. The van der Waals surface area contributed by atoms with Crippen LogP contribution in [0.15, 0.2) is 0 Å². The van der Waals surface area contributed by atoms with Crippen LogP contribution < -0.4 is 11.1 Å². The molecule has 0 bridgehead atoms. The average molecular weight is 240 g/mol. The van der Waals surface area contributed by atoms with Gasteiger partial charge in [-0.25, -0.2) is 0 Å². The molecular weight excluding hydrogens is 212 g/mol. The van der Waals surface area contributed by atoms with Crippen molar-refractivity contribution in [2.75, 3.05) is 6.61 Å². The topological polar surface area (TPSA) is 124 Å². The highest BCUT2D eigenvalue weighted by atomic mass is 16.3. The number of aliphatic hydroxyl groups is 1. The maximum atomic E-state index is 11.0. The van der Waals surface area contributed by atoms with Crippen LogP contribution >= 0.6 is 0 Å². The Kier molecular flexibility index (Phi) is 15.1. The minimum Gasteiger partial charge on any atom is -0.412 e. The smallest absolute Gasteiger partial charge is 0.240 e. The number of amides is 2. The average Bonchev–Trinajstić information content (AvgIpc) is 2.17. The van der Waals surface area contributed by atoms with Crippen LogP contribution in [0.4, 0.5) is 0 Å². The molecule has 0 unspecified atom stereocenters. The van der Waals surface area contributed by atoms with Gasteiger partial charge in [0.15, 0.2) is 0 Å². The van der Waals surface area contributed by atoms with Gasteiger partial charge in [-0.3, -0.25) is 9.59 Å². The Morgan fingerprint density at radius 2 is 1.81 bits per heavy atom. The van der Waals surface area contributed by atoms with E-state index in [2.05, 4.69) is 5.32 Å². The Morgan fingerprint density at radius 3 is 2.06 bits per heavy atom. The lowest BCUT2D eigenvalue weighted by Crippen LogP contribution is -2.47. The lowest BCUT2D eigenvalue weighted by atomic mass is 10.0. The molecule has 6 nitrogen and oxygen atoms in total. The summed E-state index contributed by atoms with van der Waals surface area (Å²) in [5.41, 5.74) is 5.07. The molecule has 16 heavy (non-hydrogen) atoms. The molecular formula is C10H28N2O4. The predicted octanol–water partition coefficient (Wildman–Crippen LogP) is -0.312. The molecule has 0 aliphatic carbocycles. The van der Waals surface area contributed by atoms with Gasteiger partial charge in [0.25, 0.3) is 0 Å². The molecule has 0 heterocycles. The second-order valence-corrected chi connectivity index (χ2v) is 3.17. The van der Waals surface area contributed by atoms with E-state index >= 15 is 0 Å². The number of rotatable bonds is 5. The van der Waals surface area contributed by atoms with E-state index in [0.29, 0.717) is 0 Å². The Hall–Kier alpha value is -1.14. The van der Waals surface area contributed by atoms with Crippen molar-refractivity contribution in [1.29, 1.82) is 0 Å². The molecule has 0 radical (unpaired) electrons. The number of carbonyl (C=O) groups excluding carboxylic acids is 2. The number of nitrogens with two attached hydrogens (primary N) is 1. The minimum absolute atomic E-state index is 0. The second kappa shape index (κ2) is 11.9. The summed E-state index contributed by atoms with van der Waals surface area (Å²) in [6, 6.07) is -0.654. The van der Waals surface area contributed by atoms with Crippen molar-refractivity contribution in [2.24, 2.45) is 11.7 Å². The van der Waals surface area contributed by atoms with Crippen molar-refractivity contribution in [2.45, 2.75) is 40.2 Å². The van der Waals surface area contributed by atoms with E-state index in [-0.39, 0.29) is 33.2 Å². The minimum atomic E-state index is -0.654. The van der Waals surface area contributed by atoms with Crippen LogP contribution in [-0.4, -0.2) is 35.0 Å². The molecule has 0 saturated heterocycles. The van der Waals surface area contributed by atoms with Gasteiger partial charge in [0.2, 0.25) is 11.8 Å². The highest BCUT2D eigenvalue weighted by Gasteiger charge is 2.20. The molecule has 2 amide bonds. The first kappa shape index (κ1) is 20.3. The number of primary amides is 1. The third-order valence-corrected chi connectivity index (χ3v) is 1.63. The quantitative estimate of drug-likeness (QED) is 0.610. The number of aliphatic hydroxyl groups excluding tert-OH is 1. The number of nitrogens with one attached hydrogen (secondary N) is 1. The van der Waals surface area contributed by atoms with E-state index in [1.165, 1.54) is 0 Å². The normalized spacial score (nSPS) is 10.6. The van der Waals surface area contributed by atoms with Crippen molar-refractivity contribution >= 4 is 11.8 Å². The molecule has 0 aliphatic rings. The van der Waals surface area contributed by atoms with Crippen LogP contribution in [0.25, 0.3) is 0 Å². The number of carbonyl (C=O) groups is 2. The molecule has 0 spiro atoms. The van der Waals surface area contributed by atoms with E-state index in [4.69, 9.17) is 10.8 Å². The zero-order valence-corrected chi connectivity index (χ0v) is 10.4. The van der Waals surface area contributed by atoms with Gasteiger partial charge in [-0.2, -0.15) is 0 Å². The largest absolute Gasteiger partial charge is 0.412 e. The third-order valence-electron chi connectivity index (χ3n) is 1.63. The van der Waals surface area contributed by atoms with Gasteiger partial charge >= 0.3 is 0 Å². The first-order valence-electron chi connectivity index (χ1n) is 5.18. The summed E-state index contributed by atoms with van der Waals surface area (Å²) >= 11 is 0. The Labute approximate surface area is 99.5 Å². The standard InChI is InChI=1S/C8H16N2O3.C2H6.H2O.2H2/c1-5(2)7(8(9)13)10-6(12)3-4-11;1-2;;;/h5,7,11H,3-4H2,1-2H3,(H2,9,13)(H,10,12);1-2H3;1H2;2*1H/t7-;;;;/m0..../s1. The van der Waals surface area contributed by atoms with Crippen molar-refractivity contribution in [3.05, 3.63) is 0 Å². The van der Waals surface area contributed by atoms with Crippen molar-refractivity contribution in [1.82, 2.24) is 5.32 Å². The van der Waals surface area contributed by atoms with E-state index in [1.54, 1.807) is 13.8 Å². The molecule has 0 aliphatic heterocycles. The summed E-state index contributed by atoms with van der Waals surface area (Å²) < 4.78 is 0. The van der Waals surface area contributed by atoms with Crippen molar-refractivity contribution < 1.29 is 23.0 Å². The van der Waals surface area contributed by atoms with Crippen molar-refractivity contribution in [3.8, 4) is 0 Å². The van der Waals surface area contributed by atoms with E-state index < -0.39 is 11.9 Å². The predicted molar refractivity (Wildman–Crippen MR) is 66.9 cm³/mol. The van der Waals surface area contributed by atoms with Crippen LogP contribution in [-0.2, 0) is 9.59 Å². The summed E-state index contributed by atoms with van der Waals surface area (Å²) in [6.45, 7) is 7.35. The van der Waals surface area contributed by atoms with Gasteiger partial charge in [-0.05, 0) is 5.92 Å². The third kappa shape index (κ3) is 9.42. The van der Waals surface area contributed by atoms with E-state index in [0.717, 1.165) is 0 Å². The molecule has 0 fully saturated rings.